The van der Waals surface area contributed by atoms with E-state index in [1.54, 1.807) is 25.3 Å². The van der Waals surface area contributed by atoms with Crippen molar-refractivity contribution in [3.8, 4) is 0 Å². The van der Waals surface area contributed by atoms with Crippen LogP contribution >= 0.6 is 22.9 Å². The maximum absolute atomic E-state index is 13.8. The standard InChI is InChI=1S/C27H35ClF3NO5S/c1-15-7-6-8-18(27(29,30)31)9-10-20(16(2)11-19-14-38-22(13-28)32-19)37-23(34)12-21(33)26(4,5)25(36)17(3)24(15)35/h6-7,9,11,14-15,17,20-21,24,33,35H,8,10,12-13H2,1-5H3/b7-6+,16-11+,18-9+/t15?,17-,20?,21+,24+/m1/s1. The average molecular weight is 578 g/mol. The average Bonchev–Trinajstić information content (AvgIpc) is 3.29. The molecule has 38 heavy (non-hydrogen) atoms. The van der Waals surface area contributed by atoms with Crippen LogP contribution in [0, 0.1) is 17.3 Å². The highest BCUT2D eigenvalue weighted by molar-refractivity contribution is 7.09. The van der Waals surface area contributed by atoms with E-state index in [9.17, 15) is 33.0 Å². The van der Waals surface area contributed by atoms with Gasteiger partial charge < -0.3 is 14.9 Å². The van der Waals surface area contributed by atoms with Gasteiger partial charge in [0.05, 0.1) is 35.6 Å². The summed E-state index contributed by atoms with van der Waals surface area (Å²) >= 11 is 7.12. The van der Waals surface area contributed by atoms with Gasteiger partial charge in [0.25, 0.3) is 0 Å². The van der Waals surface area contributed by atoms with Gasteiger partial charge in [-0.2, -0.15) is 13.2 Å². The third-order valence-corrected chi connectivity index (χ3v) is 8.13. The zero-order chi connectivity index (χ0) is 28.8. The van der Waals surface area contributed by atoms with Gasteiger partial charge in [-0.15, -0.1) is 22.9 Å². The number of aromatic nitrogens is 1. The minimum atomic E-state index is -4.63. The summed E-state index contributed by atoms with van der Waals surface area (Å²) in [6.45, 7) is 7.68. The number of carbonyl (C=O) groups excluding carboxylic acids is 2. The van der Waals surface area contributed by atoms with E-state index < -0.39 is 71.9 Å². The normalized spacial score (nSPS) is 30.9. The number of nitrogens with zero attached hydrogens (tertiary/aromatic N) is 1. The first-order valence-corrected chi connectivity index (χ1v) is 13.7. The van der Waals surface area contributed by atoms with Crippen molar-refractivity contribution < 1.29 is 37.7 Å². The maximum Gasteiger partial charge on any atom is 0.412 e. The Hall–Kier alpha value is -2.01. The Morgan fingerprint density at radius 1 is 1.29 bits per heavy atom. The molecule has 2 unspecified atom stereocenters. The Morgan fingerprint density at radius 2 is 1.95 bits per heavy atom. The summed E-state index contributed by atoms with van der Waals surface area (Å²) in [4.78, 5) is 30.3. The molecule has 2 N–H and O–H groups in total. The largest absolute Gasteiger partial charge is 0.457 e. The van der Waals surface area contributed by atoms with Crippen LogP contribution < -0.4 is 0 Å². The lowest BCUT2D eigenvalue weighted by molar-refractivity contribution is -0.154. The lowest BCUT2D eigenvalue weighted by atomic mass is 9.73. The summed E-state index contributed by atoms with van der Waals surface area (Å²) < 4.78 is 46.9. The van der Waals surface area contributed by atoms with Crippen LogP contribution in [0.4, 0.5) is 13.2 Å². The third-order valence-electron chi connectivity index (χ3n) is 6.85. The van der Waals surface area contributed by atoms with E-state index in [2.05, 4.69) is 4.98 Å². The fourth-order valence-electron chi connectivity index (χ4n) is 4.17. The maximum atomic E-state index is 13.8. The number of aliphatic hydroxyl groups is 2. The number of carbonyl (C=O) groups is 2. The van der Waals surface area contributed by atoms with Gasteiger partial charge in [-0.25, -0.2) is 4.98 Å². The van der Waals surface area contributed by atoms with Crippen LogP contribution in [0.2, 0.25) is 0 Å². The molecule has 2 rings (SSSR count). The van der Waals surface area contributed by atoms with E-state index in [4.69, 9.17) is 16.3 Å². The lowest BCUT2D eigenvalue weighted by Crippen LogP contribution is -2.45. The van der Waals surface area contributed by atoms with Crippen molar-refractivity contribution >= 4 is 40.8 Å². The summed E-state index contributed by atoms with van der Waals surface area (Å²) in [6.07, 6.45) is -4.24. The minimum Gasteiger partial charge on any atom is -0.457 e. The second-order valence-corrected chi connectivity index (χ2v) is 11.4. The smallest absolute Gasteiger partial charge is 0.412 e. The molecule has 1 aliphatic rings. The number of alkyl halides is 4. The van der Waals surface area contributed by atoms with Gasteiger partial charge in [0.15, 0.2) is 0 Å². The second kappa shape index (κ2) is 13.4. The molecular formula is C27H35ClF3NO5S. The van der Waals surface area contributed by atoms with Gasteiger partial charge in [-0.05, 0) is 25.0 Å². The van der Waals surface area contributed by atoms with E-state index in [1.807, 2.05) is 0 Å². The molecule has 1 aliphatic heterocycles. The van der Waals surface area contributed by atoms with E-state index >= 15 is 0 Å². The summed E-state index contributed by atoms with van der Waals surface area (Å²) in [5, 5.41) is 23.8. The summed E-state index contributed by atoms with van der Waals surface area (Å²) in [7, 11) is 0. The number of ether oxygens (including phenoxy) is 1. The van der Waals surface area contributed by atoms with Crippen molar-refractivity contribution in [3.63, 3.8) is 0 Å². The molecule has 0 amide bonds. The van der Waals surface area contributed by atoms with Gasteiger partial charge in [-0.1, -0.05) is 45.9 Å². The Morgan fingerprint density at radius 3 is 2.53 bits per heavy atom. The number of cyclic esters (lactones) is 1. The third kappa shape index (κ3) is 8.49. The molecule has 0 aromatic carbocycles. The number of thiazole rings is 1. The number of ketones is 1. The van der Waals surface area contributed by atoms with Crippen molar-refractivity contribution in [3.05, 3.63) is 45.5 Å². The predicted molar refractivity (Wildman–Crippen MR) is 141 cm³/mol. The Balaban J connectivity index is 2.50. The Kier molecular flexibility index (Phi) is 11.3. The fourth-order valence-corrected chi connectivity index (χ4v) is 5.02. The van der Waals surface area contributed by atoms with E-state index in [1.165, 1.54) is 44.3 Å². The number of hydrogen-bond donors (Lipinski definition) is 2. The van der Waals surface area contributed by atoms with Crippen LogP contribution in [0.3, 0.4) is 0 Å². The molecule has 0 spiro atoms. The zero-order valence-electron chi connectivity index (χ0n) is 22.1. The van der Waals surface area contributed by atoms with Gasteiger partial charge in [-0.3, -0.25) is 9.59 Å². The number of halogens is 4. The summed E-state index contributed by atoms with van der Waals surface area (Å²) in [5.41, 5.74) is -1.24. The van der Waals surface area contributed by atoms with Crippen molar-refractivity contribution in [2.75, 3.05) is 0 Å². The highest BCUT2D eigenvalue weighted by Crippen LogP contribution is 2.33. The highest BCUT2D eigenvalue weighted by Gasteiger charge is 2.42. The number of esters is 1. The van der Waals surface area contributed by atoms with Crippen molar-refractivity contribution in [2.24, 2.45) is 17.3 Å². The molecule has 212 valence electrons. The van der Waals surface area contributed by atoms with Crippen molar-refractivity contribution in [2.45, 2.75) is 84.2 Å². The molecule has 1 aromatic heterocycles. The van der Waals surface area contributed by atoms with Gasteiger partial charge in [0.1, 0.15) is 16.9 Å². The SMILES string of the molecule is C/C(=C\c1csc(CCl)n1)C1C/C=C(/C(F)(F)F)C/C=C/C(C)[C@H](O)[C@@H](C)C(=O)C(C)(C)[C@@H](O)CC(=O)O1. The molecule has 0 aliphatic carbocycles. The number of aliphatic hydroxyl groups excluding tert-OH is 2. The number of Topliss-reactive ketones (excluding diaryl/α,β-unsaturated/α-hetero) is 1. The Bertz CT molecular complexity index is 1080. The van der Waals surface area contributed by atoms with Crippen molar-refractivity contribution in [1.82, 2.24) is 4.98 Å². The molecule has 2 heterocycles. The second-order valence-electron chi connectivity index (χ2n) is 10.2. The highest BCUT2D eigenvalue weighted by atomic mass is 35.5. The first-order chi connectivity index (χ1) is 17.6. The van der Waals surface area contributed by atoms with Crippen LogP contribution in [-0.4, -0.2) is 51.4 Å². The van der Waals surface area contributed by atoms with Crippen LogP contribution in [0.1, 0.15) is 64.6 Å². The molecule has 0 saturated heterocycles. The lowest BCUT2D eigenvalue weighted by Gasteiger charge is -2.34. The van der Waals surface area contributed by atoms with E-state index in [-0.39, 0.29) is 12.3 Å². The molecule has 0 fully saturated rings. The van der Waals surface area contributed by atoms with Crippen LogP contribution in [0.15, 0.2) is 34.8 Å². The molecule has 0 bridgehead atoms. The molecule has 1 aromatic rings. The zero-order valence-corrected chi connectivity index (χ0v) is 23.7. The van der Waals surface area contributed by atoms with Crippen LogP contribution in [0.25, 0.3) is 6.08 Å². The van der Waals surface area contributed by atoms with Crippen LogP contribution in [0.5, 0.6) is 0 Å². The van der Waals surface area contributed by atoms with Crippen LogP contribution in [-0.2, 0) is 20.2 Å². The predicted octanol–water partition coefficient (Wildman–Crippen LogP) is 6.02. The molecular weight excluding hydrogens is 543 g/mol. The first kappa shape index (κ1) is 32.2. The molecule has 5 atom stereocenters. The quantitative estimate of drug-likeness (QED) is 0.259. The molecule has 0 radical (unpaired) electrons. The van der Waals surface area contributed by atoms with Gasteiger partial charge in [0.2, 0.25) is 0 Å². The first-order valence-electron chi connectivity index (χ1n) is 12.3. The summed E-state index contributed by atoms with van der Waals surface area (Å²) in [5.74, 6) is -2.69. The molecule has 11 heteroatoms. The fraction of sp³-hybridized carbons (Fsp3) is 0.593. The topological polar surface area (TPSA) is 96.7 Å². The number of hydrogen-bond acceptors (Lipinski definition) is 7. The molecule has 6 nitrogen and oxygen atoms in total. The summed E-state index contributed by atoms with van der Waals surface area (Å²) in [6, 6.07) is 0. The number of allylic oxidation sites excluding steroid dienone is 2. The monoisotopic (exact) mass is 577 g/mol. The van der Waals surface area contributed by atoms with Gasteiger partial charge >= 0.3 is 12.1 Å². The Labute approximate surface area is 230 Å². The minimum absolute atomic E-state index is 0.210. The van der Waals surface area contributed by atoms with Gasteiger partial charge in [0, 0.05) is 29.2 Å². The van der Waals surface area contributed by atoms with Crippen molar-refractivity contribution in [1.29, 1.82) is 0 Å². The molecule has 0 saturated carbocycles. The van der Waals surface area contributed by atoms with E-state index in [0.29, 0.717) is 16.3 Å². The van der Waals surface area contributed by atoms with E-state index in [0.717, 1.165) is 6.08 Å². The number of rotatable bonds is 3.